The number of aromatic amines is 1. The number of sulfonamides is 1. The summed E-state index contributed by atoms with van der Waals surface area (Å²) in [4.78, 5) is 10.3. The van der Waals surface area contributed by atoms with Crippen LogP contribution in [0.15, 0.2) is 23.7 Å². The van der Waals surface area contributed by atoms with Crippen LogP contribution in [-0.4, -0.2) is 30.4 Å². The lowest BCUT2D eigenvalue weighted by atomic mass is 10.3. The fraction of sp³-hybridized carbons (Fsp3) is 0.143. The zero-order valence-electron chi connectivity index (χ0n) is 7.35. The molecule has 0 saturated heterocycles. The summed E-state index contributed by atoms with van der Waals surface area (Å²) in [5.41, 5.74) is 1.42. The van der Waals surface area contributed by atoms with E-state index in [-0.39, 0.29) is 5.16 Å². The van der Waals surface area contributed by atoms with Crippen LogP contribution >= 0.6 is 0 Å². The van der Waals surface area contributed by atoms with Gasteiger partial charge in [-0.1, -0.05) is 0 Å². The molecule has 0 saturated carbocycles. The normalized spacial score (nSPS) is 12.1. The molecular formula is C7H8N4O2S. The van der Waals surface area contributed by atoms with Crippen molar-refractivity contribution < 1.29 is 8.42 Å². The summed E-state index contributed by atoms with van der Waals surface area (Å²) < 4.78 is 24.9. The summed E-state index contributed by atoms with van der Waals surface area (Å²) in [7, 11) is -2.18. The van der Waals surface area contributed by atoms with Gasteiger partial charge >= 0.3 is 0 Å². The quantitative estimate of drug-likeness (QED) is 0.676. The highest BCUT2D eigenvalue weighted by atomic mass is 32.2. The summed E-state index contributed by atoms with van der Waals surface area (Å²) >= 11 is 0. The Labute approximate surface area is 80.8 Å². The summed E-state index contributed by atoms with van der Waals surface area (Å²) in [6.45, 7) is 0. The maximum Gasteiger partial charge on any atom is 0.274 e. The molecule has 2 heterocycles. The number of hydrogen-bond acceptors (Lipinski definition) is 4. The van der Waals surface area contributed by atoms with E-state index in [9.17, 15) is 8.42 Å². The molecule has 2 N–H and O–H groups in total. The van der Waals surface area contributed by atoms with Crippen molar-refractivity contribution in [3.8, 4) is 11.3 Å². The minimum Gasteiger partial charge on any atom is -0.328 e. The molecule has 7 heteroatoms. The van der Waals surface area contributed by atoms with Gasteiger partial charge in [-0.3, -0.25) is 4.98 Å². The van der Waals surface area contributed by atoms with E-state index in [1.165, 1.54) is 13.2 Å². The SMILES string of the molecule is CNS(=O)(=O)c1ncc2cncc-2[nH]1. The molecule has 2 rings (SSSR count). The van der Waals surface area contributed by atoms with E-state index in [2.05, 4.69) is 19.7 Å². The first kappa shape index (κ1) is 9.10. The Balaban J connectivity index is 2.62. The molecule has 0 spiro atoms. The van der Waals surface area contributed by atoms with Gasteiger partial charge in [0.05, 0.1) is 11.9 Å². The number of hydrogen-bond donors (Lipinski definition) is 2. The average Bonchev–Trinajstić information content (AvgIpc) is 2.64. The maximum atomic E-state index is 11.3. The smallest absolute Gasteiger partial charge is 0.274 e. The van der Waals surface area contributed by atoms with Crippen LogP contribution in [0.25, 0.3) is 11.3 Å². The first-order chi connectivity index (χ1) is 6.63. The zero-order valence-corrected chi connectivity index (χ0v) is 8.17. The molecule has 0 aliphatic carbocycles. The molecule has 6 nitrogen and oxygen atoms in total. The van der Waals surface area contributed by atoms with Crippen LogP contribution in [-0.2, 0) is 10.0 Å². The van der Waals surface area contributed by atoms with Crippen LogP contribution < -0.4 is 4.72 Å². The van der Waals surface area contributed by atoms with Crippen molar-refractivity contribution >= 4 is 10.0 Å². The van der Waals surface area contributed by atoms with Crippen molar-refractivity contribution in [2.24, 2.45) is 0 Å². The Morgan fingerprint density at radius 2 is 2.14 bits per heavy atom. The van der Waals surface area contributed by atoms with Crippen LogP contribution in [0.3, 0.4) is 0 Å². The summed E-state index contributed by atoms with van der Waals surface area (Å²) in [6, 6.07) is 0. The van der Waals surface area contributed by atoms with E-state index in [4.69, 9.17) is 0 Å². The molecule has 74 valence electrons. The van der Waals surface area contributed by atoms with Gasteiger partial charge in [0.25, 0.3) is 10.0 Å². The maximum absolute atomic E-state index is 11.3. The van der Waals surface area contributed by atoms with E-state index in [0.29, 0.717) is 5.69 Å². The Hall–Kier alpha value is -1.47. The van der Waals surface area contributed by atoms with Crippen LogP contribution in [0.2, 0.25) is 0 Å². The second-order valence-electron chi connectivity index (χ2n) is 2.67. The predicted molar refractivity (Wildman–Crippen MR) is 49.3 cm³/mol. The number of fused-ring (bicyclic) bond motifs is 1. The third-order valence-corrected chi connectivity index (χ3v) is 3.07. The van der Waals surface area contributed by atoms with Crippen molar-refractivity contribution in [3.05, 3.63) is 18.6 Å². The standard InChI is InChI=1S/C7H8N4O2S/c1-8-14(12,13)7-10-3-5-2-9-4-6(5)11-7/h2-4,8H,1H3,(H,10,11). The molecular weight excluding hydrogens is 204 g/mol. The van der Waals surface area contributed by atoms with Crippen molar-refractivity contribution in [2.75, 3.05) is 7.05 Å². The monoisotopic (exact) mass is 212 g/mol. The molecule has 0 unspecified atom stereocenters. The van der Waals surface area contributed by atoms with Gasteiger partial charge in [-0.15, -0.1) is 0 Å². The molecule has 2 aliphatic rings. The second kappa shape index (κ2) is 3.03. The van der Waals surface area contributed by atoms with Crippen LogP contribution in [0.5, 0.6) is 0 Å². The van der Waals surface area contributed by atoms with Gasteiger partial charge in [0.1, 0.15) is 0 Å². The van der Waals surface area contributed by atoms with Crippen LogP contribution in [0.1, 0.15) is 0 Å². The van der Waals surface area contributed by atoms with Gasteiger partial charge in [-0.25, -0.2) is 18.1 Å². The zero-order chi connectivity index (χ0) is 10.2. The summed E-state index contributed by atoms with van der Waals surface area (Å²) in [5.74, 6) is 0. The summed E-state index contributed by atoms with van der Waals surface area (Å²) in [5, 5.41) is -0.111. The summed E-state index contributed by atoms with van der Waals surface area (Å²) in [6.07, 6.45) is 4.61. The van der Waals surface area contributed by atoms with Gasteiger partial charge in [0.2, 0.25) is 5.16 Å². The molecule has 0 atom stereocenters. The van der Waals surface area contributed by atoms with Gasteiger partial charge in [-0.05, 0) is 7.05 Å². The first-order valence-corrected chi connectivity index (χ1v) is 5.34. The molecule has 0 fully saturated rings. The first-order valence-electron chi connectivity index (χ1n) is 3.86. The van der Waals surface area contributed by atoms with E-state index in [1.54, 1.807) is 12.4 Å². The molecule has 0 bridgehead atoms. The minimum atomic E-state index is -3.51. The molecule has 2 aliphatic heterocycles. The van der Waals surface area contributed by atoms with Gasteiger partial charge in [0, 0.05) is 18.0 Å². The molecule has 14 heavy (non-hydrogen) atoms. The fourth-order valence-corrected chi connectivity index (χ4v) is 1.68. The van der Waals surface area contributed by atoms with Gasteiger partial charge in [0.15, 0.2) is 0 Å². The highest BCUT2D eigenvalue weighted by Gasteiger charge is 2.16. The van der Waals surface area contributed by atoms with E-state index < -0.39 is 10.0 Å². The second-order valence-corrected chi connectivity index (χ2v) is 4.47. The van der Waals surface area contributed by atoms with Crippen molar-refractivity contribution in [1.82, 2.24) is 19.7 Å². The number of nitrogens with zero attached hydrogens (tertiary/aromatic N) is 2. The Morgan fingerprint density at radius 3 is 2.86 bits per heavy atom. The fourth-order valence-electron chi connectivity index (χ4n) is 1.05. The van der Waals surface area contributed by atoms with E-state index in [1.807, 2.05) is 0 Å². The van der Waals surface area contributed by atoms with E-state index in [0.717, 1.165) is 5.56 Å². The lowest BCUT2D eigenvalue weighted by Gasteiger charge is -2.03. The topological polar surface area (TPSA) is 87.7 Å². The molecule has 0 aromatic rings. The van der Waals surface area contributed by atoms with Crippen LogP contribution in [0, 0.1) is 0 Å². The molecule has 0 aromatic carbocycles. The highest BCUT2D eigenvalue weighted by molar-refractivity contribution is 7.89. The lowest BCUT2D eigenvalue weighted by molar-refractivity contribution is 0.579. The van der Waals surface area contributed by atoms with Crippen molar-refractivity contribution in [3.63, 3.8) is 0 Å². The van der Waals surface area contributed by atoms with Gasteiger partial charge in [-0.2, -0.15) is 0 Å². The number of H-pyrrole nitrogens is 1. The Bertz CT molecular complexity index is 518. The largest absolute Gasteiger partial charge is 0.328 e. The number of rotatable bonds is 2. The lowest BCUT2D eigenvalue weighted by Crippen LogP contribution is -2.21. The van der Waals surface area contributed by atoms with Gasteiger partial charge < -0.3 is 4.98 Å². The predicted octanol–water partition coefficient (Wildman–Crippen LogP) is -0.182. The highest BCUT2D eigenvalue weighted by Crippen LogP contribution is 2.17. The molecule has 0 radical (unpaired) electrons. The third-order valence-electron chi connectivity index (χ3n) is 1.81. The average molecular weight is 212 g/mol. The molecule has 0 amide bonds. The number of nitrogens with one attached hydrogen (secondary N) is 2. The van der Waals surface area contributed by atoms with Crippen molar-refractivity contribution in [2.45, 2.75) is 5.16 Å². The number of aromatic nitrogens is 3. The third kappa shape index (κ3) is 1.36. The Morgan fingerprint density at radius 1 is 1.36 bits per heavy atom. The van der Waals surface area contributed by atoms with Crippen LogP contribution in [0.4, 0.5) is 0 Å². The van der Waals surface area contributed by atoms with E-state index >= 15 is 0 Å². The minimum absolute atomic E-state index is 0.111. The molecule has 0 aromatic heterocycles. The Kier molecular flexibility index (Phi) is 1.97. The van der Waals surface area contributed by atoms with Crippen molar-refractivity contribution in [1.29, 1.82) is 0 Å².